The van der Waals surface area contributed by atoms with Gasteiger partial charge in [0.2, 0.25) is 0 Å². The summed E-state index contributed by atoms with van der Waals surface area (Å²) < 4.78 is 5.68. The van der Waals surface area contributed by atoms with Gasteiger partial charge in [0.25, 0.3) is 0 Å². The first-order valence-corrected chi connectivity index (χ1v) is 5.62. The van der Waals surface area contributed by atoms with Crippen LogP contribution in [0.3, 0.4) is 0 Å². The third kappa shape index (κ3) is 3.24. The zero-order valence-electron chi connectivity index (χ0n) is 9.97. The highest BCUT2D eigenvalue weighted by atomic mass is 16.5. The summed E-state index contributed by atoms with van der Waals surface area (Å²) in [7, 11) is 0. The van der Waals surface area contributed by atoms with E-state index in [1.807, 2.05) is 6.92 Å². The molecule has 84 valence electrons. The van der Waals surface area contributed by atoms with Crippen molar-refractivity contribution in [1.82, 2.24) is 0 Å². The van der Waals surface area contributed by atoms with E-state index in [1.165, 1.54) is 16.7 Å². The fraction of sp³-hybridized carbons (Fsp3) is 0.538. The molecule has 0 spiro atoms. The molecule has 2 N–H and O–H groups in total. The van der Waals surface area contributed by atoms with Crippen LogP contribution in [-0.2, 0) is 6.42 Å². The van der Waals surface area contributed by atoms with Gasteiger partial charge in [-0.25, -0.2) is 0 Å². The fourth-order valence-corrected chi connectivity index (χ4v) is 1.87. The van der Waals surface area contributed by atoms with E-state index in [2.05, 4.69) is 26.0 Å². The lowest BCUT2D eigenvalue weighted by Gasteiger charge is -2.14. The molecule has 1 aromatic rings. The van der Waals surface area contributed by atoms with Gasteiger partial charge in [-0.1, -0.05) is 17.7 Å². The molecule has 0 aliphatic carbocycles. The standard InChI is InChI=1S/C13H21NO/c1-4-15-13-11(3)8-10(2)9-12(13)6-5-7-14/h8-9H,4-7,14H2,1-3H3. The Hall–Kier alpha value is -1.02. The van der Waals surface area contributed by atoms with Gasteiger partial charge in [0, 0.05) is 0 Å². The van der Waals surface area contributed by atoms with Crippen molar-refractivity contribution >= 4 is 0 Å². The summed E-state index contributed by atoms with van der Waals surface area (Å²) in [4.78, 5) is 0. The topological polar surface area (TPSA) is 35.2 Å². The Morgan fingerprint density at radius 2 is 2.00 bits per heavy atom. The third-order valence-electron chi connectivity index (χ3n) is 2.43. The van der Waals surface area contributed by atoms with Crippen LogP contribution in [0.25, 0.3) is 0 Å². The summed E-state index contributed by atoms with van der Waals surface area (Å²) >= 11 is 0. The highest BCUT2D eigenvalue weighted by molar-refractivity contribution is 5.43. The molecule has 0 aromatic heterocycles. The van der Waals surface area contributed by atoms with Gasteiger partial charge >= 0.3 is 0 Å². The Bertz CT molecular complexity index is 321. The molecule has 0 aliphatic heterocycles. The van der Waals surface area contributed by atoms with E-state index >= 15 is 0 Å². The van der Waals surface area contributed by atoms with E-state index in [-0.39, 0.29) is 0 Å². The predicted octanol–water partition coefficient (Wildman–Crippen LogP) is 2.59. The van der Waals surface area contributed by atoms with Gasteiger partial charge in [-0.05, 0) is 51.3 Å². The Morgan fingerprint density at radius 3 is 2.60 bits per heavy atom. The minimum Gasteiger partial charge on any atom is -0.493 e. The average Bonchev–Trinajstić information content (AvgIpc) is 2.19. The predicted molar refractivity (Wildman–Crippen MR) is 64.5 cm³/mol. The summed E-state index contributed by atoms with van der Waals surface area (Å²) in [6, 6.07) is 4.37. The van der Waals surface area contributed by atoms with Crippen molar-refractivity contribution in [2.45, 2.75) is 33.6 Å². The molecule has 0 radical (unpaired) electrons. The smallest absolute Gasteiger partial charge is 0.125 e. The normalized spacial score (nSPS) is 10.4. The Kier molecular flexibility index (Phi) is 4.63. The van der Waals surface area contributed by atoms with Gasteiger partial charge in [-0.15, -0.1) is 0 Å². The lowest BCUT2D eigenvalue weighted by Crippen LogP contribution is -2.04. The van der Waals surface area contributed by atoms with Crippen molar-refractivity contribution in [2.75, 3.05) is 13.2 Å². The van der Waals surface area contributed by atoms with E-state index < -0.39 is 0 Å². The van der Waals surface area contributed by atoms with Gasteiger partial charge < -0.3 is 10.5 Å². The molecular weight excluding hydrogens is 186 g/mol. The lowest BCUT2D eigenvalue weighted by atomic mass is 10.0. The first-order valence-electron chi connectivity index (χ1n) is 5.62. The number of nitrogens with two attached hydrogens (primary N) is 1. The molecule has 0 fully saturated rings. The molecule has 0 amide bonds. The van der Waals surface area contributed by atoms with E-state index in [0.29, 0.717) is 0 Å². The lowest BCUT2D eigenvalue weighted by molar-refractivity contribution is 0.334. The maximum Gasteiger partial charge on any atom is 0.125 e. The highest BCUT2D eigenvalue weighted by Gasteiger charge is 2.07. The van der Waals surface area contributed by atoms with Crippen LogP contribution in [0, 0.1) is 13.8 Å². The average molecular weight is 207 g/mol. The van der Waals surface area contributed by atoms with Crippen LogP contribution in [0.15, 0.2) is 12.1 Å². The van der Waals surface area contributed by atoms with E-state index in [9.17, 15) is 0 Å². The van der Waals surface area contributed by atoms with E-state index in [0.717, 1.165) is 31.7 Å². The van der Waals surface area contributed by atoms with Gasteiger partial charge in [0.15, 0.2) is 0 Å². The van der Waals surface area contributed by atoms with Crippen molar-refractivity contribution in [1.29, 1.82) is 0 Å². The Morgan fingerprint density at radius 1 is 1.27 bits per heavy atom. The third-order valence-corrected chi connectivity index (χ3v) is 2.43. The zero-order valence-corrected chi connectivity index (χ0v) is 9.97. The fourth-order valence-electron chi connectivity index (χ4n) is 1.87. The van der Waals surface area contributed by atoms with E-state index in [4.69, 9.17) is 10.5 Å². The molecule has 15 heavy (non-hydrogen) atoms. The van der Waals surface area contributed by atoms with Crippen LogP contribution in [0.4, 0.5) is 0 Å². The molecule has 1 aromatic carbocycles. The van der Waals surface area contributed by atoms with Crippen LogP contribution in [-0.4, -0.2) is 13.2 Å². The molecule has 2 nitrogen and oxygen atoms in total. The second-order valence-electron chi connectivity index (χ2n) is 3.90. The van der Waals surface area contributed by atoms with Crippen molar-refractivity contribution < 1.29 is 4.74 Å². The van der Waals surface area contributed by atoms with Crippen molar-refractivity contribution in [3.8, 4) is 5.75 Å². The quantitative estimate of drug-likeness (QED) is 0.805. The number of benzene rings is 1. The molecule has 0 atom stereocenters. The van der Waals surface area contributed by atoms with Crippen LogP contribution in [0.1, 0.15) is 30.0 Å². The monoisotopic (exact) mass is 207 g/mol. The minimum atomic E-state index is 0.722. The maximum atomic E-state index is 5.68. The van der Waals surface area contributed by atoms with Gasteiger partial charge in [0.05, 0.1) is 6.61 Å². The number of aryl methyl sites for hydroxylation is 3. The number of hydrogen-bond acceptors (Lipinski definition) is 2. The molecule has 0 saturated heterocycles. The largest absolute Gasteiger partial charge is 0.493 e. The summed E-state index contributed by atoms with van der Waals surface area (Å²) in [6.07, 6.45) is 2.03. The zero-order chi connectivity index (χ0) is 11.3. The first kappa shape index (κ1) is 12.1. The molecule has 0 bridgehead atoms. The molecule has 1 rings (SSSR count). The Balaban J connectivity index is 2.97. The summed E-state index contributed by atoms with van der Waals surface area (Å²) in [5, 5.41) is 0. The van der Waals surface area contributed by atoms with Crippen LogP contribution >= 0.6 is 0 Å². The van der Waals surface area contributed by atoms with Gasteiger partial charge in [-0.3, -0.25) is 0 Å². The molecule has 0 saturated carbocycles. The Labute approximate surface area is 92.4 Å². The van der Waals surface area contributed by atoms with Crippen LogP contribution in [0.2, 0.25) is 0 Å². The molecule has 0 aliphatic rings. The van der Waals surface area contributed by atoms with Crippen LogP contribution < -0.4 is 10.5 Å². The minimum absolute atomic E-state index is 0.722. The number of hydrogen-bond donors (Lipinski definition) is 1. The number of rotatable bonds is 5. The van der Waals surface area contributed by atoms with E-state index in [1.54, 1.807) is 0 Å². The summed E-state index contributed by atoms with van der Waals surface area (Å²) in [5.41, 5.74) is 9.35. The van der Waals surface area contributed by atoms with Gasteiger partial charge in [0.1, 0.15) is 5.75 Å². The van der Waals surface area contributed by atoms with Crippen molar-refractivity contribution in [2.24, 2.45) is 5.73 Å². The van der Waals surface area contributed by atoms with Crippen molar-refractivity contribution in [3.05, 3.63) is 28.8 Å². The summed E-state index contributed by atoms with van der Waals surface area (Å²) in [5.74, 6) is 1.05. The highest BCUT2D eigenvalue weighted by Crippen LogP contribution is 2.26. The first-order chi connectivity index (χ1) is 7.19. The van der Waals surface area contributed by atoms with Gasteiger partial charge in [-0.2, -0.15) is 0 Å². The SMILES string of the molecule is CCOc1c(C)cc(C)cc1CCCN. The summed E-state index contributed by atoms with van der Waals surface area (Å²) in [6.45, 7) is 7.70. The molecular formula is C13H21NO. The number of ether oxygens (including phenoxy) is 1. The molecule has 0 unspecified atom stereocenters. The van der Waals surface area contributed by atoms with Crippen molar-refractivity contribution in [3.63, 3.8) is 0 Å². The maximum absolute atomic E-state index is 5.68. The molecule has 2 heteroatoms. The second-order valence-corrected chi connectivity index (χ2v) is 3.90. The second kappa shape index (κ2) is 5.76. The molecule has 0 heterocycles. The van der Waals surface area contributed by atoms with Crippen LogP contribution in [0.5, 0.6) is 5.75 Å².